The van der Waals surface area contributed by atoms with Crippen LogP contribution in [0.2, 0.25) is 0 Å². The number of hydrogen-bond acceptors (Lipinski definition) is 2. The molecule has 1 aromatic heterocycles. The molecular weight excluding hydrogens is 811 g/mol. The molecule has 296 valence electrons. The van der Waals surface area contributed by atoms with E-state index in [0.717, 1.165) is 36.4 Å². The van der Waals surface area contributed by atoms with Gasteiger partial charge in [-0.25, -0.2) is 17.2 Å². The van der Waals surface area contributed by atoms with E-state index in [0.29, 0.717) is 12.1 Å². The van der Waals surface area contributed by atoms with Gasteiger partial charge < -0.3 is 4.98 Å². The number of H-pyrrole nitrogens is 1. The Bertz CT molecular complexity index is 2170. The summed E-state index contributed by atoms with van der Waals surface area (Å²) in [7, 11) is -8.06. The van der Waals surface area contributed by atoms with Gasteiger partial charge in [-0.3, -0.25) is 0 Å². The van der Waals surface area contributed by atoms with Crippen molar-refractivity contribution in [2.24, 2.45) is 0 Å². The van der Waals surface area contributed by atoms with E-state index in [-0.39, 0.29) is 16.5 Å². The lowest BCUT2D eigenvalue weighted by molar-refractivity contribution is -0.385. The van der Waals surface area contributed by atoms with Gasteiger partial charge in [-0.15, -0.1) is 0 Å². The van der Waals surface area contributed by atoms with Gasteiger partial charge in [0, 0.05) is 11.2 Å². The molecular formula is C31H16F19NO2S. The monoisotopic (exact) mass is 827 g/mol. The van der Waals surface area contributed by atoms with E-state index in [2.05, 4.69) is 0 Å². The second-order valence-corrected chi connectivity index (χ2v) is 13.9. The van der Waals surface area contributed by atoms with E-state index < -0.39 is 114 Å². The van der Waals surface area contributed by atoms with Crippen LogP contribution in [0.25, 0.3) is 22.0 Å². The van der Waals surface area contributed by atoms with E-state index in [9.17, 15) is 65.5 Å². The molecule has 1 heterocycles. The summed E-state index contributed by atoms with van der Waals surface area (Å²) < 4.78 is 301. The van der Waals surface area contributed by atoms with E-state index in [1.54, 1.807) is 0 Å². The number of halogens is 19. The molecule has 54 heavy (non-hydrogen) atoms. The zero-order valence-electron chi connectivity index (χ0n) is 25.6. The summed E-state index contributed by atoms with van der Waals surface area (Å²) in [6.07, 6.45) is -14.5. The molecule has 1 aliphatic carbocycles. The largest absolute Gasteiger partial charge is 0.460 e. The second-order valence-electron chi connectivity index (χ2n) is 11.9. The number of rotatable bonds is 11. The van der Waals surface area contributed by atoms with Crippen LogP contribution in [0.3, 0.4) is 0 Å². The summed E-state index contributed by atoms with van der Waals surface area (Å²) in [6, 6.07) is 8.85. The molecule has 0 saturated carbocycles. The Morgan fingerprint density at radius 3 is 1.69 bits per heavy atom. The van der Waals surface area contributed by atoms with Gasteiger partial charge in [0.25, 0.3) is 0 Å². The molecule has 0 radical (unpaired) electrons. The molecule has 0 saturated heterocycles. The zero-order valence-corrected chi connectivity index (χ0v) is 26.4. The molecule has 0 fully saturated rings. The smallest absolute Gasteiger partial charge is 0.358 e. The minimum atomic E-state index is -8.06. The van der Waals surface area contributed by atoms with Gasteiger partial charge in [0.15, 0.2) is 0 Å². The van der Waals surface area contributed by atoms with Crippen molar-refractivity contribution < 1.29 is 91.8 Å². The quantitative estimate of drug-likeness (QED) is 0.135. The maximum absolute atomic E-state index is 16.5. The summed E-state index contributed by atoms with van der Waals surface area (Å²) >= 11 is 0. The van der Waals surface area contributed by atoms with Crippen LogP contribution in [0.5, 0.6) is 0 Å². The second kappa shape index (κ2) is 12.2. The van der Waals surface area contributed by atoms with Crippen LogP contribution in [-0.4, -0.2) is 66.8 Å². The minimum Gasteiger partial charge on any atom is -0.358 e. The lowest BCUT2D eigenvalue weighted by atomic mass is 9.80. The molecule has 0 aliphatic heterocycles. The third kappa shape index (κ3) is 5.36. The summed E-state index contributed by atoms with van der Waals surface area (Å²) in [6.45, 7) is 0. The summed E-state index contributed by atoms with van der Waals surface area (Å²) in [5.74, 6) is -50.4. The Kier molecular flexibility index (Phi) is 9.23. The van der Waals surface area contributed by atoms with Crippen LogP contribution in [0.4, 0.5) is 83.4 Å². The molecule has 3 aromatic carbocycles. The van der Waals surface area contributed by atoms with Crippen molar-refractivity contribution >= 4 is 20.7 Å². The van der Waals surface area contributed by atoms with Crippen molar-refractivity contribution in [3.8, 4) is 11.1 Å². The average molecular weight is 828 g/mol. The Labute approximate surface area is 288 Å². The van der Waals surface area contributed by atoms with Gasteiger partial charge in [-0.1, -0.05) is 48.5 Å². The van der Waals surface area contributed by atoms with Gasteiger partial charge >= 0.3 is 53.4 Å². The van der Waals surface area contributed by atoms with Crippen molar-refractivity contribution in [2.75, 3.05) is 0 Å². The summed E-state index contributed by atoms with van der Waals surface area (Å²) in [5.41, 5.74) is -6.73. The van der Waals surface area contributed by atoms with Crippen molar-refractivity contribution in [2.45, 2.75) is 70.6 Å². The minimum absolute atomic E-state index is 0.149. The molecule has 0 spiro atoms. The lowest BCUT2D eigenvalue weighted by Gasteiger charge is -2.40. The highest BCUT2D eigenvalue weighted by atomic mass is 32.2. The predicted molar refractivity (Wildman–Crippen MR) is 149 cm³/mol. The number of aromatic amines is 1. The first-order chi connectivity index (χ1) is 24.3. The van der Waals surface area contributed by atoms with Gasteiger partial charge in [0.05, 0.1) is 10.8 Å². The molecule has 1 atom stereocenters. The van der Waals surface area contributed by atoms with Crippen molar-refractivity contribution in [3.63, 3.8) is 0 Å². The van der Waals surface area contributed by atoms with Crippen molar-refractivity contribution in [1.29, 1.82) is 0 Å². The first-order valence-electron chi connectivity index (χ1n) is 14.4. The van der Waals surface area contributed by atoms with Crippen LogP contribution < -0.4 is 0 Å². The highest BCUT2D eigenvalue weighted by Gasteiger charge is 2.87. The maximum Gasteiger partial charge on any atom is 0.460 e. The zero-order chi connectivity index (χ0) is 41.0. The van der Waals surface area contributed by atoms with Crippen molar-refractivity contribution in [3.05, 3.63) is 89.1 Å². The normalized spacial score (nSPS) is 15.9. The van der Waals surface area contributed by atoms with E-state index >= 15 is 26.3 Å². The Hall–Kier alpha value is -4.18. The molecule has 4 aromatic rings. The number of hydrogen-bond donors (Lipinski definition) is 1. The van der Waals surface area contributed by atoms with Gasteiger partial charge in [-0.2, -0.15) is 74.6 Å². The van der Waals surface area contributed by atoms with Gasteiger partial charge in [0.1, 0.15) is 0 Å². The number of nitrogens with one attached hydrogen (secondary N) is 1. The molecule has 23 heteroatoms. The Morgan fingerprint density at radius 1 is 0.593 bits per heavy atom. The number of para-hydroxylation sites is 1. The Balaban J connectivity index is 1.95. The number of aromatic nitrogens is 1. The third-order valence-corrected chi connectivity index (χ3v) is 10.6. The fraction of sp³-hybridized carbons (Fsp3) is 0.355. The first kappa shape index (κ1) is 41.0. The topological polar surface area (TPSA) is 49.9 Å². The lowest BCUT2D eigenvalue weighted by Crippen LogP contribution is -2.65. The number of benzene rings is 3. The summed E-state index contributed by atoms with van der Waals surface area (Å²) in [5, 5.41) is -8.11. The fourth-order valence-electron chi connectivity index (χ4n) is 5.95. The molecule has 0 bridgehead atoms. The molecule has 1 N–H and O–H groups in total. The third-order valence-electron chi connectivity index (χ3n) is 8.75. The first-order valence-corrected chi connectivity index (χ1v) is 15.9. The highest BCUT2D eigenvalue weighted by molar-refractivity contribution is 7.92. The molecule has 1 aliphatic rings. The average Bonchev–Trinajstić information content (AvgIpc) is 3.65. The molecule has 1 unspecified atom stereocenters. The Morgan fingerprint density at radius 2 is 1.13 bits per heavy atom. The van der Waals surface area contributed by atoms with Crippen LogP contribution in [0.15, 0.2) is 71.6 Å². The number of alkyl halides is 19. The van der Waals surface area contributed by atoms with Crippen molar-refractivity contribution in [1.82, 2.24) is 4.98 Å². The van der Waals surface area contributed by atoms with E-state index in [1.807, 2.05) is 4.98 Å². The van der Waals surface area contributed by atoms with Crippen LogP contribution >= 0.6 is 0 Å². The maximum atomic E-state index is 16.5. The van der Waals surface area contributed by atoms with Gasteiger partial charge in [0.2, 0.25) is 9.84 Å². The number of sulfone groups is 1. The predicted octanol–water partition coefficient (Wildman–Crippen LogP) is 10.9. The highest BCUT2D eigenvalue weighted by Crippen LogP contribution is 2.62. The molecule has 0 amide bonds. The van der Waals surface area contributed by atoms with Gasteiger partial charge in [-0.05, 0) is 57.8 Å². The standard InChI is InChI=1S/C31H16F19NO2S/c32-23(33)25(36,37)27(40,41)26(38,39)24(34,35)22(19-12-14-6-2-4-8-18(14)51-19)21-17-11-13-5-1-3-7-15(13)16(17)9-10-20(21)54(52,53)31(49,50)29(44,45)28(42,43)30(46,47)48/h1-10,12,22-23,51H,11H2. The van der Waals surface area contributed by atoms with Crippen LogP contribution in [-0.2, 0) is 16.3 Å². The molecule has 3 nitrogen and oxygen atoms in total. The summed E-state index contributed by atoms with van der Waals surface area (Å²) in [4.78, 5) is -0.951. The molecule has 5 rings (SSSR count). The van der Waals surface area contributed by atoms with E-state index in [1.165, 1.54) is 12.1 Å². The SMILES string of the molecule is O=S(=O)(c1ccc2c(c1C(c1cc3ccccc3[nH]1)C(F)(F)C(F)(F)C(F)(F)C(F)(F)C(F)F)Cc1ccccc1-2)C(F)(F)C(F)(F)C(F)(F)C(F)(F)F. The number of fused-ring (bicyclic) bond motifs is 4. The van der Waals surface area contributed by atoms with Crippen LogP contribution in [0, 0.1) is 0 Å². The van der Waals surface area contributed by atoms with Crippen LogP contribution in [0.1, 0.15) is 28.3 Å². The van der Waals surface area contributed by atoms with E-state index in [4.69, 9.17) is 0 Å². The fourth-order valence-corrected chi connectivity index (χ4v) is 7.47.